The van der Waals surface area contributed by atoms with Crippen LogP contribution in [0.4, 0.5) is 0 Å². The van der Waals surface area contributed by atoms with E-state index in [1.807, 2.05) is 6.07 Å². The molecular formula is C14H19N5O. The summed E-state index contributed by atoms with van der Waals surface area (Å²) in [5, 5.41) is 3.39. The minimum Gasteiger partial charge on any atom is -0.481 e. The largest absolute Gasteiger partial charge is 0.481 e. The van der Waals surface area contributed by atoms with Crippen LogP contribution in [-0.2, 0) is 6.54 Å². The molecule has 2 heterocycles. The van der Waals surface area contributed by atoms with Crippen LogP contribution in [-0.4, -0.2) is 32.6 Å². The molecule has 2 rings (SSSR count). The van der Waals surface area contributed by atoms with Crippen LogP contribution in [0.15, 0.2) is 24.7 Å². The molecule has 0 saturated carbocycles. The van der Waals surface area contributed by atoms with Crippen LogP contribution in [0.25, 0.3) is 11.5 Å². The van der Waals surface area contributed by atoms with Crippen molar-refractivity contribution in [2.24, 2.45) is 0 Å². The summed E-state index contributed by atoms with van der Waals surface area (Å²) < 4.78 is 5.08. The number of ether oxygens (including phenoxy) is 1. The van der Waals surface area contributed by atoms with Crippen molar-refractivity contribution in [3.63, 3.8) is 0 Å². The van der Waals surface area contributed by atoms with Gasteiger partial charge in [-0.05, 0) is 26.8 Å². The van der Waals surface area contributed by atoms with Gasteiger partial charge in [-0.15, -0.1) is 0 Å². The first-order valence-electron chi connectivity index (χ1n) is 6.41. The van der Waals surface area contributed by atoms with Crippen LogP contribution in [0.5, 0.6) is 5.88 Å². The van der Waals surface area contributed by atoms with E-state index in [9.17, 15) is 0 Å². The highest BCUT2D eigenvalue weighted by Crippen LogP contribution is 2.15. The molecule has 0 radical (unpaired) electrons. The number of hydrogen-bond acceptors (Lipinski definition) is 6. The van der Waals surface area contributed by atoms with Crippen LogP contribution in [0, 0.1) is 0 Å². The number of nitrogens with zero attached hydrogens (tertiary/aromatic N) is 4. The SMILES string of the molecule is COc1cc(-c2nccc(CNC(C)(C)C)n2)ncn1. The molecule has 2 aromatic heterocycles. The Kier molecular flexibility index (Phi) is 4.24. The summed E-state index contributed by atoms with van der Waals surface area (Å²) in [5.41, 5.74) is 1.61. The fraction of sp³-hybridized carbons (Fsp3) is 0.429. The molecule has 0 aliphatic heterocycles. The predicted octanol–water partition coefficient (Wildman–Crippen LogP) is 1.83. The van der Waals surface area contributed by atoms with Crippen molar-refractivity contribution in [3.8, 4) is 17.4 Å². The maximum absolute atomic E-state index is 5.08. The fourth-order valence-electron chi connectivity index (χ4n) is 1.55. The van der Waals surface area contributed by atoms with E-state index in [4.69, 9.17) is 4.74 Å². The summed E-state index contributed by atoms with van der Waals surface area (Å²) in [6.07, 6.45) is 3.17. The summed E-state index contributed by atoms with van der Waals surface area (Å²) in [4.78, 5) is 16.9. The van der Waals surface area contributed by atoms with E-state index in [1.165, 1.54) is 6.33 Å². The summed E-state index contributed by atoms with van der Waals surface area (Å²) >= 11 is 0. The monoisotopic (exact) mass is 273 g/mol. The van der Waals surface area contributed by atoms with Crippen molar-refractivity contribution < 1.29 is 4.74 Å². The fourth-order valence-corrected chi connectivity index (χ4v) is 1.55. The van der Waals surface area contributed by atoms with Gasteiger partial charge in [0, 0.05) is 24.3 Å². The molecular weight excluding hydrogens is 254 g/mol. The third-order valence-corrected chi connectivity index (χ3v) is 2.59. The van der Waals surface area contributed by atoms with E-state index in [1.54, 1.807) is 19.4 Å². The average molecular weight is 273 g/mol. The maximum Gasteiger partial charge on any atom is 0.216 e. The van der Waals surface area contributed by atoms with E-state index in [-0.39, 0.29) is 5.54 Å². The molecule has 1 N–H and O–H groups in total. The quantitative estimate of drug-likeness (QED) is 0.916. The zero-order chi connectivity index (χ0) is 14.6. The Labute approximate surface area is 118 Å². The highest BCUT2D eigenvalue weighted by molar-refractivity contribution is 5.49. The van der Waals surface area contributed by atoms with Crippen molar-refractivity contribution in [2.75, 3.05) is 7.11 Å². The van der Waals surface area contributed by atoms with Crippen molar-refractivity contribution in [2.45, 2.75) is 32.9 Å². The van der Waals surface area contributed by atoms with Gasteiger partial charge in [-0.1, -0.05) is 0 Å². The number of hydrogen-bond donors (Lipinski definition) is 1. The van der Waals surface area contributed by atoms with Gasteiger partial charge in [0.1, 0.15) is 12.0 Å². The first-order valence-corrected chi connectivity index (χ1v) is 6.41. The highest BCUT2D eigenvalue weighted by Gasteiger charge is 2.10. The van der Waals surface area contributed by atoms with Crippen LogP contribution in [0.2, 0.25) is 0 Å². The Morgan fingerprint density at radius 3 is 2.70 bits per heavy atom. The Morgan fingerprint density at radius 1 is 1.20 bits per heavy atom. The lowest BCUT2D eigenvalue weighted by molar-refractivity contribution is 0.397. The molecule has 0 fully saturated rings. The maximum atomic E-state index is 5.08. The van der Waals surface area contributed by atoms with E-state index < -0.39 is 0 Å². The molecule has 6 heteroatoms. The number of nitrogens with one attached hydrogen (secondary N) is 1. The van der Waals surface area contributed by atoms with Crippen molar-refractivity contribution in [1.29, 1.82) is 0 Å². The van der Waals surface area contributed by atoms with Gasteiger partial charge in [0.2, 0.25) is 5.88 Å². The van der Waals surface area contributed by atoms with E-state index in [2.05, 4.69) is 46.0 Å². The Morgan fingerprint density at radius 2 is 2.00 bits per heavy atom. The minimum absolute atomic E-state index is 0.0449. The summed E-state index contributed by atoms with van der Waals surface area (Å²) in [5.74, 6) is 1.07. The zero-order valence-corrected chi connectivity index (χ0v) is 12.2. The van der Waals surface area contributed by atoms with Gasteiger partial charge in [-0.2, -0.15) is 0 Å². The van der Waals surface area contributed by atoms with Crippen LogP contribution in [0.3, 0.4) is 0 Å². The Hall–Kier alpha value is -2.08. The standard InChI is InChI=1S/C14H19N5O/c1-14(2,3)18-8-10-5-6-15-13(19-10)11-7-12(20-4)17-9-16-11/h5-7,9,18H,8H2,1-4H3. The second-order valence-electron chi connectivity index (χ2n) is 5.42. The number of aromatic nitrogens is 4. The second kappa shape index (κ2) is 5.92. The molecule has 2 aromatic rings. The van der Waals surface area contributed by atoms with Gasteiger partial charge in [0.05, 0.1) is 12.8 Å². The van der Waals surface area contributed by atoms with Crippen LogP contribution in [0.1, 0.15) is 26.5 Å². The third-order valence-electron chi connectivity index (χ3n) is 2.59. The molecule has 0 aliphatic rings. The average Bonchev–Trinajstić information content (AvgIpc) is 2.45. The molecule has 0 amide bonds. The van der Waals surface area contributed by atoms with Gasteiger partial charge in [-0.3, -0.25) is 0 Å². The molecule has 0 bridgehead atoms. The lowest BCUT2D eigenvalue weighted by atomic mass is 10.1. The highest BCUT2D eigenvalue weighted by atomic mass is 16.5. The van der Waals surface area contributed by atoms with Crippen LogP contribution >= 0.6 is 0 Å². The normalized spacial score (nSPS) is 11.4. The summed E-state index contributed by atoms with van der Waals surface area (Å²) in [7, 11) is 1.57. The van der Waals surface area contributed by atoms with Crippen molar-refractivity contribution in [1.82, 2.24) is 25.3 Å². The lowest BCUT2D eigenvalue weighted by Gasteiger charge is -2.20. The first kappa shape index (κ1) is 14.3. The van der Waals surface area contributed by atoms with Gasteiger partial charge in [0.25, 0.3) is 0 Å². The molecule has 20 heavy (non-hydrogen) atoms. The van der Waals surface area contributed by atoms with Gasteiger partial charge >= 0.3 is 0 Å². The number of methoxy groups -OCH3 is 1. The second-order valence-corrected chi connectivity index (χ2v) is 5.42. The molecule has 0 atom stereocenters. The van der Waals surface area contributed by atoms with E-state index >= 15 is 0 Å². The summed E-state index contributed by atoms with van der Waals surface area (Å²) in [6.45, 7) is 7.03. The molecule has 6 nitrogen and oxygen atoms in total. The van der Waals surface area contributed by atoms with E-state index in [0.29, 0.717) is 23.9 Å². The molecule has 0 aliphatic carbocycles. The smallest absolute Gasteiger partial charge is 0.216 e. The van der Waals surface area contributed by atoms with E-state index in [0.717, 1.165) is 5.69 Å². The molecule has 0 unspecified atom stereocenters. The van der Waals surface area contributed by atoms with Gasteiger partial charge < -0.3 is 10.1 Å². The van der Waals surface area contributed by atoms with Gasteiger partial charge in [-0.25, -0.2) is 19.9 Å². The Bertz CT molecular complexity index is 580. The third kappa shape index (κ3) is 3.96. The summed E-state index contributed by atoms with van der Waals surface area (Å²) in [6, 6.07) is 3.61. The molecule has 106 valence electrons. The molecule has 0 aromatic carbocycles. The minimum atomic E-state index is 0.0449. The predicted molar refractivity (Wildman–Crippen MR) is 76.2 cm³/mol. The number of rotatable bonds is 4. The molecule has 0 saturated heterocycles. The van der Waals surface area contributed by atoms with Crippen LogP contribution < -0.4 is 10.1 Å². The first-order chi connectivity index (χ1) is 9.48. The molecule has 0 spiro atoms. The Balaban J connectivity index is 2.20. The zero-order valence-electron chi connectivity index (χ0n) is 12.2. The van der Waals surface area contributed by atoms with Crippen molar-refractivity contribution >= 4 is 0 Å². The topological polar surface area (TPSA) is 72.8 Å². The van der Waals surface area contributed by atoms with Gasteiger partial charge in [0.15, 0.2) is 5.82 Å². The van der Waals surface area contributed by atoms with Crippen molar-refractivity contribution in [3.05, 3.63) is 30.4 Å². The lowest BCUT2D eigenvalue weighted by Crippen LogP contribution is -2.35.